The molecule has 0 atom stereocenters. The van der Waals surface area contributed by atoms with Crippen LogP contribution in [-0.4, -0.2) is 26.3 Å². The van der Waals surface area contributed by atoms with Gasteiger partial charge in [-0.3, -0.25) is 14.0 Å². The molecule has 2 heterocycles. The second kappa shape index (κ2) is 5.34. The monoisotopic (exact) mass is 314 g/mol. The van der Waals surface area contributed by atoms with E-state index in [0.717, 1.165) is 11.5 Å². The SMILES string of the molecule is CC(=O)c1cccc(NC(=O)c2sc3nnc(C)n3c2C)c1. The maximum absolute atomic E-state index is 12.4. The molecule has 0 aliphatic heterocycles. The van der Waals surface area contributed by atoms with E-state index in [4.69, 9.17) is 0 Å². The summed E-state index contributed by atoms with van der Waals surface area (Å²) in [4.78, 5) is 25.1. The zero-order chi connectivity index (χ0) is 15.9. The number of aryl methyl sites for hydroxylation is 2. The maximum atomic E-state index is 12.4. The number of nitrogens with zero attached hydrogens (tertiary/aromatic N) is 3. The van der Waals surface area contributed by atoms with Crippen LogP contribution in [0.2, 0.25) is 0 Å². The Bertz CT molecular complexity index is 894. The number of fused-ring (bicyclic) bond motifs is 1. The van der Waals surface area contributed by atoms with Crippen LogP contribution < -0.4 is 5.32 Å². The summed E-state index contributed by atoms with van der Waals surface area (Å²) in [6.45, 7) is 5.20. The van der Waals surface area contributed by atoms with Crippen LogP contribution in [-0.2, 0) is 0 Å². The molecule has 0 spiro atoms. The number of thiazole rings is 1. The first-order chi connectivity index (χ1) is 10.5. The van der Waals surface area contributed by atoms with Gasteiger partial charge >= 0.3 is 0 Å². The summed E-state index contributed by atoms with van der Waals surface area (Å²) in [7, 11) is 0. The van der Waals surface area contributed by atoms with Gasteiger partial charge in [-0.25, -0.2) is 0 Å². The van der Waals surface area contributed by atoms with Crippen molar-refractivity contribution in [2.24, 2.45) is 0 Å². The topological polar surface area (TPSA) is 76.4 Å². The third-order valence-corrected chi connectivity index (χ3v) is 4.52. The van der Waals surface area contributed by atoms with E-state index in [1.54, 1.807) is 24.3 Å². The number of amides is 1. The average Bonchev–Trinajstić information content (AvgIpc) is 3.00. The van der Waals surface area contributed by atoms with Crippen LogP contribution in [0.5, 0.6) is 0 Å². The Morgan fingerprint density at radius 3 is 2.68 bits per heavy atom. The fourth-order valence-corrected chi connectivity index (χ4v) is 3.28. The molecule has 22 heavy (non-hydrogen) atoms. The van der Waals surface area contributed by atoms with Crippen molar-refractivity contribution >= 4 is 33.7 Å². The summed E-state index contributed by atoms with van der Waals surface area (Å²) in [5.41, 5.74) is 1.97. The minimum atomic E-state index is -0.215. The van der Waals surface area contributed by atoms with Gasteiger partial charge < -0.3 is 5.32 Å². The second-order valence-electron chi connectivity index (χ2n) is 4.97. The van der Waals surface area contributed by atoms with Gasteiger partial charge in [0.15, 0.2) is 5.78 Å². The number of hydrogen-bond acceptors (Lipinski definition) is 5. The number of rotatable bonds is 3. The van der Waals surface area contributed by atoms with Crippen LogP contribution in [0.1, 0.15) is 38.5 Å². The minimum Gasteiger partial charge on any atom is -0.321 e. The summed E-state index contributed by atoms with van der Waals surface area (Å²) >= 11 is 1.29. The molecule has 7 heteroatoms. The number of nitrogens with one attached hydrogen (secondary N) is 1. The molecule has 0 saturated heterocycles. The van der Waals surface area contributed by atoms with E-state index in [9.17, 15) is 9.59 Å². The highest BCUT2D eigenvalue weighted by atomic mass is 32.1. The highest BCUT2D eigenvalue weighted by Crippen LogP contribution is 2.24. The molecule has 112 valence electrons. The fourth-order valence-electron chi connectivity index (χ4n) is 2.28. The first kappa shape index (κ1) is 14.4. The Morgan fingerprint density at radius 1 is 1.23 bits per heavy atom. The third kappa shape index (κ3) is 2.39. The first-order valence-corrected chi connectivity index (χ1v) is 7.52. The number of anilines is 1. The molecule has 0 radical (unpaired) electrons. The lowest BCUT2D eigenvalue weighted by Crippen LogP contribution is -2.12. The van der Waals surface area contributed by atoms with Gasteiger partial charge in [0.1, 0.15) is 10.7 Å². The molecule has 3 rings (SSSR count). The van der Waals surface area contributed by atoms with Gasteiger partial charge in [-0.1, -0.05) is 23.5 Å². The Labute approximate surface area is 130 Å². The van der Waals surface area contributed by atoms with Crippen molar-refractivity contribution in [1.29, 1.82) is 0 Å². The lowest BCUT2D eigenvalue weighted by molar-refractivity contribution is 0.101. The number of carbonyl (C=O) groups excluding carboxylic acids is 2. The zero-order valence-electron chi connectivity index (χ0n) is 12.4. The smallest absolute Gasteiger partial charge is 0.267 e. The van der Waals surface area contributed by atoms with Gasteiger partial charge in [-0.2, -0.15) is 0 Å². The maximum Gasteiger partial charge on any atom is 0.267 e. The van der Waals surface area contributed by atoms with Gasteiger partial charge in [0.2, 0.25) is 4.96 Å². The molecular formula is C15H14N4O2S. The van der Waals surface area contributed by atoms with Crippen molar-refractivity contribution in [3.8, 4) is 0 Å². The van der Waals surface area contributed by atoms with E-state index in [-0.39, 0.29) is 11.7 Å². The third-order valence-electron chi connectivity index (χ3n) is 3.39. The van der Waals surface area contributed by atoms with Crippen LogP contribution in [0.4, 0.5) is 5.69 Å². The standard InChI is InChI=1S/C15H14N4O2S/c1-8-13(22-15-18-17-10(3)19(8)15)14(21)16-12-6-4-5-11(7-12)9(2)20/h4-7H,1-3H3,(H,16,21). The van der Waals surface area contributed by atoms with Crippen LogP contribution in [0, 0.1) is 13.8 Å². The molecule has 0 fully saturated rings. The molecule has 0 aliphatic rings. The summed E-state index contributed by atoms with van der Waals surface area (Å²) in [6.07, 6.45) is 0. The lowest BCUT2D eigenvalue weighted by atomic mass is 10.1. The number of aromatic nitrogens is 3. The molecule has 0 aliphatic carbocycles. The molecule has 2 aromatic heterocycles. The van der Waals surface area contributed by atoms with E-state index in [0.29, 0.717) is 21.1 Å². The summed E-state index contributed by atoms with van der Waals surface area (Å²) in [5, 5.41) is 10.8. The lowest BCUT2D eigenvalue weighted by Gasteiger charge is -2.05. The Balaban J connectivity index is 1.92. The predicted molar refractivity (Wildman–Crippen MR) is 84.7 cm³/mol. The van der Waals surface area contributed by atoms with Crippen molar-refractivity contribution < 1.29 is 9.59 Å². The number of ketones is 1. The van der Waals surface area contributed by atoms with Gasteiger partial charge in [0, 0.05) is 16.9 Å². The van der Waals surface area contributed by atoms with E-state index in [1.807, 2.05) is 18.2 Å². The van der Waals surface area contributed by atoms with E-state index < -0.39 is 0 Å². The Kier molecular flexibility index (Phi) is 3.50. The molecule has 1 aromatic carbocycles. The normalized spacial score (nSPS) is 10.9. The Morgan fingerprint density at radius 2 is 2.00 bits per heavy atom. The number of benzene rings is 1. The van der Waals surface area contributed by atoms with Gasteiger partial charge in [0.05, 0.1) is 0 Å². The molecule has 0 saturated carbocycles. The molecule has 1 amide bonds. The number of carbonyl (C=O) groups is 2. The molecule has 1 N–H and O–H groups in total. The van der Waals surface area contributed by atoms with Crippen LogP contribution in [0.25, 0.3) is 4.96 Å². The minimum absolute atomic E-state index is 0.0384. The van der Waals surface area contributed by atoms with Crippen LogP contribution in [0.3, 0.4) is 0 Å². The molecule has 0 bridgehead atoms. The van der Waals surface area contributed by atoms with Crippen molar-refractivity contribution in [2.45, 2.75) is 20.8 Å². The van der Waals surface area contributed by atoms with Crippen molar-refractivity contribution in [3.63, 3.8) is 0 Å². The molecule has 6 nitrogen and oxygen atoms in total. The summed E-state index contributed by atoms with van der Waals surface area (Å²) < 4.78 is 1.85. The number of hydrogen-bond donors (Lipinski definition) is 1. The van der Waals surface area contributed by atoms with E-state index in [2.05, 4.69) is 15.5 Å². The van der Waals surface area contributed by atoms with Gasteiger partial charge in [0.25, 0.3) is 5.91 Å². The average molecular weight is 314 g/mol. The van der Waals surface area contributed by atoms with Gasteiger partial charge in [-0.15, -0.1) is 10.2 Å². The Hall–Kier alpha value is -2.54. The highest BCUT2D eigenvalue weighted by molar-refractivity contribution is 7.19. The number of Topliss-reactive ketones (excluding diaryl/α,β-unsaturated/α-hetero) is 1. The molecular weight excluding hydrogens is 300 g/mol. The fraction of sp³-hybridized carbons (Fsp3) is 0.200. The van der Waals surface area contributed by atoms with Crippen molar-refractivity contribution in [1.82, 2.24) is 14.6 Å². The predicted octanol–water partition coefficient (Wildman–Crippen LogP) is 2.86. The van der Waals surface area contributed by atoms with Gasteiger partial charge in [-0.05, 0) is 32.9 Å². The quantitative estimate of drug-likeness (QED) is 0.754. The largest absolute Gasteiger partial charge is 0.321 e. The van der Waals surface area contributed by atoms with Crippen LogP contribution in [0.15, 0.2) is 24.3 Å². The molecule has 0 unspecified atom stereocenters. The van der Waals surface area contributed by atoms with Crippen molar-refractivity contribution in [3.05, 3.63) is 46.2 Å². The van der Waals surface area contributed by atoms with Crippen molar-refractivity contribution in [2.75, 3.05) is 5.32 Å². The molecule has 3 aromatic rings. The highest BCUT2D eigenvalue weighted by Gasteiger charge is 2.18. The van der Waals surface area contributed by atoms with Crippen LogP contribution >= 0.6 is 11.3 Å². The first-order valence-electron chi connectivity index (χ1n) is 6.71. The summed E-state index contributed by atoms with van der Waals surface area (Å²) in [5.74, 6) is 0.498. The second-order valence-corrected chi connectivity index (χ2v) is 5.95. The summed E-state index contributed by atoms with van der Waals surface area (Å²) in [6, 6.07) is 6.89. The van der Waals surface area contributed by atoms with E-state index >= 15 is 0 Å². The zero-order valence-corrected chi connectivity index (χ0v) is 13.2. The van der Waals surface area contributed by atoms with E-state index in [1.165, 1.54) is 18.3 Å².